The van der Waals surface area contributed by atoms with Crippen molar-refractivity contribution in [2.45, 2.75) is 78.3 Å². The highest BCUT2D eigenvalue weighted by Crippen LogP contribution is 2.50. The number of carbonyl (C=O) groups excluding carboxylic acids is 4. The Bertz CT molecular complexity index is 2260. The second-order valence-electron chi connectivity index (χ2n) is 13.3. The Kier molecular flexibility index (Phi) is 7.51. The number of amides is 4. The van der Waals surface area contributed by atoms with E-state index < -0.39 is 35.7 Å². The van der Waals surface area contributed by atoms with E-state index in [0.29, 0.717) is 12.8 Å². The summed E-state index contributed by atoms with van der Waals surface area (Å²) in [6.07, 6.45) is 4.43. The largest absolute Gasteiger partial charge is 0.272 e. The molecule has 244 valence electrons. The fraction of sp³-hybridized carbons (Fsp3) is 0.300. The molecule has 2 aliphatic heterocycles. The van der Waals surface area contributed by atoms with Crippen molar-refractivity contribution in [2.24, 2.45) is 0 Å². The first-order valence-electron chi connectivity index (χ1n) is 16.8. The van der Waals surface area contributed by atoms with Crippen molar-refractivity contribution >= 4 is 66.7 Å². The van der Waals surface area contributed by atoms with E-state index in [-0.39, 0.29) is 87.6 Å². The van der Waals surface area contributed by atoms with Crippen LogP contribution in [0.3, 0.4) is 0 Å². The van der Waals surface area contributed by atoms with Gasteiger partial charge in [0.2, 0.25) is 0 Å². The first-order chi connectivity index (χ1) is 24.1. The lowest BCUT2D eigenvalue weighted by molar-refractivity contribution is 0.0527. The van der Waals surface area contributed by atoms with Gasteiger partial charge in [0.05, 0.1) is 68.8 Å². The van der Waals surface area contributed by atoms with Crippen LogP contribution >= 0.6 is 0 Å². The van der Waals surface area contributed by atoms with Crippen molar-refractivity contribution in [1.82, 2.24) is 9.80 Å². The molecule has 50 heavy (non-hydrogen) atoms. The molecule has 4 amide bonds. The highest BCUT2D eigenvalue weighted by molar-refractivity contribution is 6.44. The highest BCUT2D eigenvalue weighted by Gasteiger charge is 2.41. The molecule has 2 heterocycles. The quantitative estimate of drug-likeness (QED) is 0.0933. The maximum absolute atomic E-state index is 14.2. The van der Waals surface area contributed by atoms with Crippen molar-refractivity contribution in [3.05, 3.63) is 68.8 Å². The SMILES string of the molecule is CCCCC(C)N1C(=O)c2cc(C#N)c3c4c(C#N)cc5c6c(cc(C#N)c(c7c(C#N)cc(c2c37)C1=O)c64)C(=O)N(C(C)CCCC)C5=O. The van der Waals surface area contributed by atoms with E-state index in [9.17, 15) is 40.2 Å². The average molecular weight is 659 g/mol. The van der Waals surface area contributed by atoms with Crippen LogP contribution in [-0.2, 0) is 0 Å². The summed E-state index contributed by atoms with van der Waals surface area (Å²) >= 11 is 0. The molecule has 2 unspecified atom stereocenters. The standard InChI is InChI=1S/C40H30N6O4/c1-5-7-9-19(3)45-37(47)25-11-21(15-41)29-31-23(17-43)13-27-34-28(40(50)46(39(27)49)20(4)10-8-6-2)14-24(18-44)32(36(31)34)30-22(16-42)12-26(38(45)48)33(25)35(29)30/h11-14,19-20H,5-10H2,1-4H3. The Balaban J connectivity index is 1.70. The molecule has 0 saturated carbocycles. The van der Waals surface area contributed by atoms with Gasteiger partial charge in [0.25, 0.3) is 23.6 Å². The molecule has 0 bridgehead atoms. The van der Waals surface area contributed by atoms with Crippen molar-refractivity contribution in [3.8, 4) is 24.3 Å². The zero-order valence-corrected chi connectivity index (χ0v) is 28.0. The molecule has 0 radical (unpaired) electrons. The van der Waals surface area contributed by atoms with E-state index in [1.54, 1.807) is 13.8 Å². The number of imide groups is 2. The molecule has 10 heteroatoms. The molecule has 0 aromatic heterocycles. The molecule has 0 spiro atoms. The third-order valence-corrected chi connectivity index (χ3v) is 10.4. The van der Waals surface area contributed by atoms with Gasteiger partial charge in [-0.05, 0) is 51.0 Å². The molecular weight excluding hydrogens is 628 g/mol. The minimum absolute atomic E-state index is 0.0169. The van der Waals surface area contributed by atoms with Gasteiger partial charge in [0, 0.05) is 55.2 Å². The third kappa shape index (κ3) is 4.09. The van der Waals surface area contributed by atoms with Crippen LogP contribution in [-0.4, -0.2) is 45.5 Å². The first-order valence-corrected chi connectivity index (χ1v) is 16.8. The Hall–Kier alpha value is -6.36. The van der Waals surface area contributed by atoms with Crippen LogP contribution in [0.1, 0.15) is 130 Å². The van der Waals surface area contributed by atoms with Gasteiger partial charge in [-0.25, -0.2) is 0 Å². The summed E-state index contributed by atoms with van der Waals surface area (Å²) in [5.41, 5.74) is 0.502. The molecule has 5 aromatic carbocycles. The summed E-state index contributed by atoms with van der Waals surface area (Å²) < 4.78 is 0. The molecule has 7 rings (SSSR count). The monoisotopic (exact) mass is 658 g/mol. The maximum Gasteiger partial charge on any atom is 0.261 e. The van der Waals surface area contributed by atoms with Gasteiger partial charge in [-0.1, -0.05) is 39.5 Å². The van der Waals surface area contributed by atoms with Crippen LogP contribution in [0.25, 0.3) is 43.1 Å². The predicted octanol–water partition coefficient (Wildman–Crippen LogP) is 7.57. The Morgan fingerprint density at radius 1 is 0.480 bits per heavy atom. The Morgan fingerprint density at radius 3 is 0.960 bits per heavy atom. The molecule has 10 nitrogen and oxygen atoms in total. The van der Waals surface area contributed by atoms with Gasteiger partial charge in [-0.2, -0.15) is 21.0 Å². The lowest BCUT2D eigenvalue weighted by Gasteiger charge is -2.34. The smallest absolute Gasteiger partial charge is 0.261 e. The number of unbranched alkanes of at least 4 members (excludes halogenated alkanes) is 2. The van der Waals surface area contributed by atoms with Gasteiger partial charge < -0.3 is 0 Å². The first kappa shape index (κ1) is 32.2. The summed E-state index contributed by atoms with van der Waals surface area (Å²) in [7, 11) is 0. The number of hydrogen-bond acceptors (Lipinski definition) is 8. The summed E-state index contributed by atoms with van der Waals surface area (Å²) in [5, 5.41) is 44.2. The number of fused-ring (bicyclic) bond motifs is 2. The molecule has 5 aromatic rings. The number of carbonyl (C=O) groups is 4. The maximum atomic E-state index is 14.2. The van der Waals surface area contributed by atoms with Crippen molar-refractivity contribution in [1.29, 1.82) is 21.0 Å². The van der Waals surface area contributed by atoms with Crippen molar-refractivity contribution in [3.63, 3.8) is 0 Å². The minimum atomic E-state index is -0.574. The van der Waals surface area contributed by atoms with Gasteiger partial charge in [-0.3, -0.25) is 29.0 Å². The van der Waals surface area contributed by atoms with E-state index in [1.807, 2.05) is 13.8 Å². The molecule has 0 aliphatic carbocycles. The lowest BCUT2D eigenvalue weighted by atomic mass is 9.77. The number of nitriles is 4. The second-order valence-corrected chi connectivity index (χ2v) is 13.3. The molecule has 2 atom stereocenters. The fourth-order valence-corrected chi connectivity index (χ4v) is 8.10. The number of rotatable bonds is 8. The van der Waals surface area contributed by atoms with Crippen molar-refractivity contribution in [2.75, 3.05) is 0 Å². The van der Waals surface area contributed by atoms with E-state index in [4.69, 9.17) is 0 Å². The Morgan fingerprint density at radius 2 is 0.740 bits per heavy atom. The van der Waals surface area contributed by atoms with Crippen LogP contribution in [0.4, 0.5) is 0 Å². The number of hydrogen-bond donors (Lipinski definition) is 0. The third-order valence-electron chi connectivity index (χ3n) is 10.4. The van der Waals surface area contributed by atoms with E-state index in [1.165, 1.54) is 34.1 Å². The second kappa shape index (κ2) is 11.7. The van der Waals surface area contributed by atoms with Crippen molar-refractivity contribution < 1.29 is 19.2 Å². The van der Waals surface area contributed by atoms with Gasteiger partial charge >= 0.3 is 0 Å². The van der Waals surface area contributed by atoms with E-state index in [0.717, 1.165) is 25.7 Å². The fourth-order valence-electron chi connectivity index (χ4n) is 8.10. The number of nitrogens with zero attached hydrogens (tertiary/aromatic N) is 6. The number of benzene rings is 5. The van der Waals surface area contributed by atoms with Gasteiger partial charge in [0.15, 0.2) is 0 Å². The zero-order chi connectivity index (χ0) is 35.8. The lowest BCUT2D eigenvalue weighted by Crippen LogP contribution is -2.46. The van der Waals surface area contributed by atoms with Gasteiger partial charge in [0.1, 0.15) is 0 Å². The normalized spacial score (nSPS) is 15.1. The van der Waals surface area contributed by atoms with E-state index >= 15 is 0 Å². The van der Waals surface area contributed by atoms with Crippen LogP contribution in [0, 0.1) is 45.3 Å². The molecular formula is C40H30N6O4. The molecule has 0 N–H and O–H groups in total. The summed E-state index contributed by atoms with van der Waals surface area (Å²) in [4.78, 5) is 59.0. The summed E-state index contributed by atoms with van der Waals surface area (Å²) in [5.74, 6) is -2.30. The predicted molar refractivity (Wildman–Crippen MR) is 185 cm³/mol. The zero-order valence-electron chi connectivity index (χ0n) is 28.0. The van der Waals surface area contributed by atoms with Crippen LogP contribution in [0.15, 0.2) is 24.3 Å². The minimum Gasteiger partial charge on any atom is -0.272 e. The van der Waals surface area contributed by atoms with Crippen LogP contribution < -0.4 is 0 Å². The molecule has 2 aliphatic rings. The Labute approximate surface area is 287 Å². The highest BCUT2D eigenvalue weighted by atomic mass is 16.2. The van der Waals surface area contributed by atoms with Crippen LogP contribution in [0.2, 0.25) is 0 Å². The van der Waals surface area contributed by atoms with Crippen LogP contribution in [0.5, 0.6) is 0 Å². The topological polar surface area (TPSA) is 170 Å². The van der Waals surface area contributed by atoms with Gasteiger partial charge in [-0.15, -0.1) is 0 Å². The summed E-state index contributed by atoms with van der Waals surface area (Å²) in [6, 6.07) is 13.5. The molecule has 0 saturated heterocycles. The average Bonchev–Trinajstić information content (AvgIpc) is 3.12. The summed E-state index contributed by atoms with van der Waals surface area (Å²) in [6.45, 7) is 7.60. The van der Waals surface area contributed by atoms with E-state index in [2.05, 4.69) is 24.3 Å². The molecule has 0 fully saturated rings.